The summed E-state index contributed by atoms with van der Waals surface area (Å²) >= 11 is 0. The van der Waals surface area contributed by atoms with Gasteiger partial charge in [-0.3, -0.25) is 4.79 Å². The molecule has 2 bridgehead atoms. The predicted octanol–water partition coefficient (Wildman–Crippen LogP) is 2.80. The molecule has 114 valence electrons. The van der Waals surface area contributed by atoms with E-state index in [0.717, 1.165) is 25.9 Å². The van der Waals surface area contributed by atoms with Gasteiger partial charge in [0.15, 0.2) is 0 Å². The Hall–Kier alpha value is -0.570. The van der Waals surface area contributed by atoms with E-state index in [1.165, 1.54) is 19.3 Å². The van der Waals surface area contributed by atoms with Crippen molar-refractivity contribution < 1.29 is 4.79 Å². The van der Waals surface area contributed by atoms with Gasteiger partial charge in [-0.15, -0.1) is 0 Å². The SMILES string of the molecule is CC1CC(C(=O)N2CC3(C)CC2CC(C)(C)C3)CCN1. The van der Waals surface area contributed by atoms with E-state index in [1.807, 2.05) is 0 Å². The number of piperidine rings is 1. The van der Waals surface area contributed by atoms with E-state index in [1.54, 1.807) is 0 Å². The highest BCUT2D eigenvalue weighted by Gasteiger charge is 2.51. The van der Waals surface area contributed by atoms with Gasteiger partial charge in [-0.2, -0.15) is 0 Å². The Bertz CT molecular complexity index is 406. The van der Waals surface area contributed by atoms with Crippen LogP contribution in [0.1, 0.15) is 59.8 Å². The van der Waals surface area contributed by atoms with Crippen molar-refractivity contribution in [1.82, 2.24) is 10.2 Å². The number of rotatable bonds is 1. The summed E-state index contributed by atoms with van der Waals surface area (Å²) in [6.45, 7) is 11.3. The minimum atomic E-state index is 0.261. The predicted molar refractivity (Wildman–Crippen MR) is 81.4 cm³/mol. The molecule has 1 aliphatic carbocycles. The standard InChI is InChI=1S/C17H30N2O/c1-12-7-13(5-6-18-12)15(20)19-11-17(4)9-14(19)8-16(2,3)10-17/h12-14,18H,5-11H2,1-4H3. The molecule has 1 N–H and O–H groups in total. The molecular formula is C17H30N2O. The molecule has 0 aromatic carbocycles. The molecule has 0 aromatic heterocycles. The lowest BCUT2D eigenvalue weighted by atomic mass is 9.65. The van der Waals surface area contributed by atoms with Gasteiger partial charge in [-0.05, 0) is 56.4 Å². The average Bonchev–Trinajstić information content (AvgIpc) is 2.57. The fraction of sp³-hybridized carbons (Fsp3) is 0.941. The molecule has 2 saturated heterocycles. The van der Waals surface area contributed by atoms with Crippen LogP contribution in [0.15, 0.2) is 0 Å². The van der Waals surface area contributed by atoms with Crippen LogP contribution in [-0.4, -0.2) is 36.0 Å². The van der Waals surface area contributed by atoms with Gasteiger partial charge in [0.1, 0.15) is 0 Å². The van der Waals surface area contributed by atoms with Crippen LogP contribution >= 0.6 is 0 Å². The largest absolute Gasteiger partial charge is 0.339 e. The summed E-state index contributed by atoms with van der Waals surface area (Å²) in [6, 6.07) is 0.994. The topological polar surface area (TPSA) is 32.3 Å². The highest BCUT2D eigenvalue weighted by molar-refractivity contribution is 5.80. The number of likely N-dealkylation sites (tertiary alicyclic amines) is 1. The molecule has 3 heteroatoms. The number of fused-ring (bicyclic) bond motifs is 2. The molecule has 0 radical (unpaired) electrons. The summed E-state index contributed by atoms with van der Waals surface area (Å²) in [5, 5.41) is 3.45. The van der Waals surface area contributed by atoms with Gasteiger partial charge in [0.2, 0.25) is 5.91 Å². The first kappa shape index (κ1) is 14.4. The summed E-state index contributed by atoms with van der Waals surface area (Å²) in [5.41, 5.74) is 0.759. The van der Waals surface area contributed by atoms with Gasteiger partial charge in [0, 0.05) is 24.5 Å². The molecule has 3 nitrogen and oxygen atoms in total. The monoisotopic (exact) mass is 278 g/mol. The third kappa shape index (κ3) is 2.61. The Morgan fingerprint density at radius 2 is 2.00 bits per heavy atom. The molecule has 3 aliphatic rings. The number of carbonyl (C=O) groups is 1. The van der Waals surface area contributed by atoms with Gasteiger partial charge in [-0.25, -0.2) is 0 Å². The number of carbonyl (C=O) groups excluding carboxylic acids is 1. The summed E-state index contributed by atoms with van der Waals surface area (Å²) in [4.78, 5) is 15.2. The van der Waals surface area contributed by atoms with Crippen LogP contribution in [0, 0.1) is 16.7 Å². The van der Waals surface area contributed by atoms with Crippen molar-refractivity contribution in [2.24, 2.45) is 16.7 Å². The average molecular weight is 278 g/mol. The molecule has 0 aromatic rings. The third-order valence-corrected chi connectivity index (χ3v) is 5.67. The first-order valence-electron chi connectivity index (χ1n) is 8.32. The second kappa shape index (κ2) is 4.72. The van der Waals surface area contributed by atoms with Crippen LogP contribution in [-0.2, 0) is 4.79 Å². The van der Waals surface area contributed by atoms with Crippen molar-refractivity contribution in [1.29, 1.82) is 0 Å². The molecule has 1 saturated carbocycles. The second-order valence-corrected chi connectivity index (χ2v) is 8.76. The summed E-state index contributed by atoms with van der Waals surface area (Å²) < 4.78 is 0. The number of hydrogen-bond donors (Lipinski definition) is 1. The van der Waals surface area contributed by atoms with E-state index in [0.29, 0.717) is 28.8 Å². The van der Waals surface area contributed by atoms with Crippen molar-refractivity contribution in [2.75, 3.05) is 13.1 Å². The molecule has 2 heterocycles. The van der Waals surface area contributed by atoms with Crippen LogP contribution in [0.5, 0.6) is 0 Å². The molecule has 4 unspecified atom stereocenters. The molecule has 20 heavy (non-hydrogen) atoms. The molecule has 1 amide bonds. The lowest BCUT2D eigenvalue weighted by Gasteiger charge is -2.39. The Morgan fingerprint density at radius 3 is 2.70 bits per heavy atom. The van der Waals surface area contributed by atoms with Crippen molar-refractivity contribution >= 4 is 5.91 Å². The van der Waals surface area contributed by atoms with E-state index in [4.69, 9.17) is 0 Å². The lowest BCUT2D eigenvalue weighted by molar-refractivity contribution is -0.137. The maximum Gasteiger partial charge on any atom is 0.226 e. The minimum Gasteiger partial charge on any atom is -0.339 e. The van der Waals surface area contributed by atoms with Gasteiger partial charge < -0.3 is 10.2 Å². The first-order chi connectivity index (χ1) is 9.28. The van der Waals surface area contributed by atoms with Crippen LogP contribution in [0.25, 0.3) is 0 Å². The molecular weight excluding hydrogens is 248 g/mol. The molecule has 2 aliphatic heterocycles. The fourth-order valence-electron chi connectivity index (χ4n) is 5.31. The van der Waals surface area contributed by atoms with Gasteiger partial charge >= 0.3 is 0 Å². The Labute approximate surface area is 123 Å². The van der Waals surface area contributed by atoms with Crippen LogP contribution < -0.4 is 5.32 Å². The van der Waals surface area contributed by atoms with Crippen LogP contribution in [0.2, 0.25) is 0 Å². The maximum absolute atomic E-state index is 12.9. The fourth-order valence-corrected chi connectivity index (χ4v) is 5.31. The molecule has 0 spiro atoms. The minimum absolute atomic E-state index is 0.261. The highest BCUT2D eigenvalue weighted by Crippen LogP contribution is 2.52. The summed E-state index contributed by atoms with van der Waals surface area (Å²) in [5.74, 6) is 0.710. The zero-order valence-corrected chi connectivity index (χ0v) is 13.5. The van der Waals surface area contributed by atoms with E-state index < -0.39 is 0 Å². The zero-order chi connectivity index (χ0) is 14.5. The lowest BCUT2D eigenvalue weighted by Crippen LogP contribution is -2.46. The molecule has 3 fully saturated rings. The Balaban J connectivity index is 1.73. The quantitative estimate of drug-likeness (QED) is 0.800. The van der Waals surface area contributed by atoms with E-state index in [-0.39, 0.29) is 5.92 Å². The highest BCUT2D eigenvalue weighted by atomic mass is 16.2. The number of nitrogens with one attached hydrogen (secondary N) is 1. The van der Waals surface area contributed by atoms with Crippen molar-refractivity contribution in [3.8, 4) is 0 Å². The number of nitrogens with zero attached hydrogens (tertiary/aromatic N) is 1. The number of hydrogen-bond acceptors (Lipinski definition) is 2. The molecule has 4 atom stereocenters. The van der Waals surface area contributed by atoms with Crippen molar-refractivity contribution in [3.63, 3.8) is 0 Å². The second-order valence-electron chi connectivity index (χ2n) is 8.76. The maximum atomic E-state index is 12.9. The summed E-state index contributed by atoms with van der Waals surface area (Å²) in [7, 11) is 0. The van der Waals surface area contributed by atoms with E-state index in [9.17, 15) is 4.79 Å². The van der Waals surface area contributed by atoms with Crippen molar-refractivity contribution in [2.45, 2.75) is 71.9 Å². The first-order valence-corrected chi connectivity index (χ1v) is 8.32. The van der Waals surface area contributed by atoms with Crippen molar-refractivity contribution in [3.05, 3.63) is 0 Å². The summed E-state index contributed by atoms with van der Waals surface area (Å²) in [6.07, 6.45) is 5.72. The van der Waals surface area contributed by atoms with Crippen LogP contribution in [0.3, 0.4) is 0 Å². The third-order valence-electron chi connectivity index (χ3n) is 5.67. The van der Waals surface area contributed by atoms with E-state index in [2.05, 4.69) is 37.9 Å². The van der Waals surface area contributed by atoms with Gasteiger partial charge in [0.25, 0.3) is 0 Å². The smallest absolute Gasteiger partial charge is 0.226 e. The van der Waals surface area contributed by atoms with E-state index >= 15 is 0 Å². The normalized spacial score (nSPS) is 43.6. The molecule has 3 rings (SSSR count). The Kier molecular flexibility index (Phi) is 3.39. The zero-order valence-electron chi connectivity index (χ0n) is 13.5. The van der Waals surface area contributed by atoms with Gasteiger partial charge in [0.05, 0.1) is 0 Å². The Morgan fingerprint density at radius 1 is 1.25 bits per heavy atom. The number of amides is 1. The van der Waals surface area contributed by atoms with Crippen LogP contribution in [0.4, 0.5) is 0 Å². The van der Waals surface area contributed by atoms with Gasteiger partial charge in [-0.1, -0.05) is 20.8 Å².